The first-order valence-electron chi connectivity index (χ1n) is 8.74. The number of imide groups is 1. The monoisotopic (exact) mass is 374 g/mol. The lowest BCUT2D eigenvalue weighted by atomic mass is 9.64. The highest BCUT2D eigenvalue weighted by atomic mass is 35.5. The van der Waals surface area contributed by atoms with Crippen molar-refractivity contribution in [2.24, 2.45) is 11.3 Å². The normalized spacial score (nSPS) is 27.8. The van der Waals surface area contributed by atoms with Crippen LogP contribution in [0.5, 0.6) is 0 Å². The van der Waals surface area contributed by atoms with Gasteiger partial charge in [-0.3, -0.25) is 14.5 Å². The van der Waals surface area contributed by atoms with Gasteiger partial charge in [0.1, 0.15) is 12.1 Å². The van der Waals surface area contributed by atoms with E-state index in [9.17, 15) is 14.4 Å². The molecule has 2 rings (SSSR count). The maximum absolute atomic E-state index is 12.9. The smallest absolute Gasteiger partial charge is 0.325 e. The van der Waals surface area contributed by atoms with Crippen molar-refractivity contribution >= 4 is 30.3 Å². The summed E-state index contributed by atoms with van der Waals surface area (Å²) < 4.78 is 0. The van der Waals surface area contributed by atoms with Crippen LogP contribution in [0.4, 0.5) is 4.79 Å². The second-order valence-electron chi connectivity index (χ2n) is 8.07. The Balaban J connectivity index is 0.00000312. The predicted octanol–water partition coefficient (Wildman–Crippen LogP) is 1.27. The van der Waals surface area contributed by atoms with E-state index in [0.717, 1.165) is 24.3 Å². The van der Waals surface area contributed by atoms with Gasteiger partial charge in [0, 0.05) is 6.54 Å². The Morgan fingerprint density at radius 3 is 2.56 bits per heavy atom. The van der Waals surface area contributed by atoms with Crippen molar-refractivity contribution in [1.29, 1.82) is 0 Å². The molecule has 1 saturated heterocycles. The number of halogens is 1. The SMILES string of the molecule is CNCCCNC(=O)CN1C(=O)NC2(CC(C)CC(C)(C)C2)C1=O.Cl. The van der Waals surface area contributed by atoms with Crippen molar-refractivity contribution in [2.75, 3.05) is 26.7 Å². The van der Waals surface area contributed by atoms with Crippen LogP contribution >= 0.6 is 12.4 Å². The van der Waals surface area contributed by atoms with Crippen molar-refractivity contribution in [2.45, 2.75) is 52.0 Å². The summed E-state index contributed by atoms with van der Waals surface area (Å²) in [6.45, 7) is 7.49. The van der Waals surface area contributed by atoms with Gasteiger partial charge in [-0.1, -0.05) is 20.8 Å². The number of urea groups is 1. The van der Waals surface area contributed by atoms with Crippen LogP contribution < -0.4 is 16.0 Å². The van der Waals surface area contributed by atoms with E-state index in [-0.39, 0.29) is 36.2 Å². The van der Waals surface area contributed by atoms with Crippen molar-refractivity contribution in [3.05, 3.63) is 0 Å². The summed E-state index contributed by atoms with van der Waals surface area (Å²) in [4.78, 5) is 38.3. The average Bonchev–Trinajstić information content (AvgIpc) is 2.65. The molecule has 0 aromatic rings. The Morgan fingerprint density at radius 1 is 1.28 bits per heavy atom. The molecule has 0 aromatic heterocycles. The third kappa shape index (κ3) is 5.07. The van der Waals surface area contributed by atoms with Gasteiger partial charge in [-0.05, 0) is 50.6 Å². The quantitative estimate of drug-likeness (QED) is 0.482. The molecule has 2 fully saturated rings. The molecule has 8 heteroatoms. The van der Waals surface area contributed by atoms with E-state index in [4.69, 9.17) is 0 Å². The molecule has 1 heterocycles. The first-order chi connectivity index (χ1) is 11.2. The van der Waals surface area contributed by atoms with Crippen molar-refractivity contribution in [1.82, 2.24) is 20.9 Å². The Hall–Kier alpha value is -1.34. The highest BCUT2D eigenvalue weighted by molar-refractivity contribution is 6.09. The maximum atomic E-state index is 12.9. The third-order valence-electron chi connectivity index (χ3n) is 4.85. The number of nitrogens with one attached hydrogen (secondary N) is 3. The fourth-order valence-electron chi connectivity index (χ4n) is 4.34. The fraction of sp³-hybridized carbons (Fsp3) is 0.824. The molecule has 1 saturated carbocycles. The Morgan fingerprint density at radius 2 is 1.96 bits per heavy atom. The second kappa shape index (κ2) is 8.36. The Bertz CT molecular complexity index is 526. The van der Waals surface area contributed by atoms with Crippen LogP contribution in [0.2, 0.25) is 0 Å². The summed E-state index contributed by atoms with van der Waals surface area (Å²) in [7, 11) is 1.85. The van der Waals surface area contributed by atoms with Gasteiger partial charge in [0.05, 0.1) is 0 Å². The fourth-order valence-corrected chi connectivity index (χ4v) is 4.34. The summed E-state index contributed by atoms with van der Waals surface area (Å²) >= 11 is 0. The summed E-state index contributed by atoms with van der Waals surface area (Å²) in [5.41, 5.74) is -0.851. The van der Waals surface area contributed by atoms with Gasteiger partial charge in [0.25, 0.3) is 5.91 Å². The molecule has 0 radical (unpaired) electrons. The minimum Gasteiger partial charge on any atom is -0.354 e. The van der Waals surface area contributed by atoms with Crippen molar-refractivity contribution < 1.29 is 14.4 Å². The number of amides is 4. The van der Waals surface area contributed by atoms with E-state index in [1.54, 1.807) is 0 Å². The summed E-state index contributed by atoms with van der Waals surface area (Å²) in [5.74, 6) is -0.194. The lowest BCUT2D eigenvalue weighted by Crippen LogP contribution is -2.54. The van der Waals surface area contributed by atoms with Crippen LogP contribution in [0, 0.1) is 11.3 Å². The molecule has 1 aliphatic carbocycles. The van der Waals surface area contributed by atoms with Gasteiger partial charge in [-0.2, -0.15) is 0 Å². The van der Waals surface area contributed by atoms with Crippen LogP contribution in [-0.4, -0.2) is 55.0 Å². The number of carbonyl (C=O) groups excluding carboxylic acids is 3. The van der Waals surface area contributed by atoms with Crippen LogP contribution in [-0.2, 0) is 9.59 Å². The van der Waals surface area contributed by atoms with Crippen molar-refractivity contribution in [3.63, 3.8) is 0 Å². The highest BCUT2D eigenvalue weighted by Crippen LogP contribution is 2.46. The van der Waals surface area contributed by atoms with Crippen LogP contribution in [0.3, 0.4) is 0 Å². The number of carbonyl (C=O) groups is 3. The molecule has 3 N–H and O–H groups in total. The van der Waals surface area contributed by atoms with Gasteiger partial charge in [-0.15, -0.1) is 12.4 Å². The topological polar surface area (TPSA) is 90.5 Å². The van der Waals surface area contributed by atoms with E-state index in [1.165, 1.54) is 0 Å². The van der Waals surface area contributed by atoms with Gasteiger partial charge in [0.2, 0.25) is 5.91 Å². The largest absolute Gasteiger partial charge is 0.354 e. The maximum Gasteiger partial charge on any atom is 0.325 e. The summed E-state index contributed by atoms with van der Waals surface area (Å²) in [5, 5.41) is 8.63. The minimum absolute atomic E-state index is 0. The molecule has 7 nitrogen and oxygen atoms in total. The van der Waals surface area contributed by atoms with E-state index in [2.05, 4.69) is 36.7 Å². The summed E-state index contributed by atoms with van der Waals surface area (Å²) in [6, 6.07) is -0.449. The minimum atomic E-state index is -0.843. The molecule has 2 aliphatic rings. The first kappa shape index (κ1) is 21.7. The highest BCUT2D eigenvalue weighted by Gasteiger charge is 2.56. The zero-order valence-electron chi connectivity index (χ0n) is 15.6. The molecule has 2 atom stereocenters. The number of hydrogen-bond donors (Lipinski definition) is 3. The molecule has 0 aromatic carbocycles. The molecule has 1 spiro atoms. The van der Waals surface area contributed by atoms with Gasteiger partial charge in [-0.25, -0.2) is 4.79 Å². The van der Waals surface area contributed by atoms with E-state index in [1.807, 2.05) is 7.05 Å². The van der Waals surface area contributed by atoms with Crippen LogP contribution in [0.15, 0.2) is 0 Å². The lowest BCUT2D eigenvalue weighted by Gasteiger charge is -2.43. The van der Waals surface area contributed by atoms with Gasteiger partial charge < -0.3 is 16.0 Å². The first-order valence-corrected chi connectivity index (χ1v) is 8.74. The predicted molar refractivity (Wildman–Crippen MR) is 98.6 cm³/mol. The average molecular weight is 375 g/mol. The molecule has 25 heavy (non-hydrogen) atoms. The third-order valence-corrected chi connectivity index (χ3v) is 4.85. The Kier molecular flexibility index (Phi) is 7.26. The Labute approximate surface area is 156 Å². The second-order valence-corrected chi connectivity index (χ2v) is 8.07. The van der Waals surface area contributed by atoms with Crippen LogP contribution in [0.1, 0.15) is 46.5 Å². The molecule has 0 bridgehead atoms. The molecule has 144 valence electrons. The molecular formula is C17H31ClN4O3. The molecule has 4 amide bonds. The number of nitrogens with zero attached hydrogens (tertiary/aromatic N) is 1. The number of rotatable bonds is 6. The zero-order chi connectivity index (χ0) is 18.0. The molecular weight excluding hydrogens is 344 g/mol. The van der Waals surface area contributed by atoms with Crippen LogP contribution in [0.25, 0.3) is 0 Å². The molecule has 1 aliphatic heterocycles. The summed E-state index contributed by atoms with van der Waals surface area (Å²) in [6.07, 6.45) is 3.10. The van der Waals surface area contributed by atoms with E-state index < -0.39 is 11.6 Å². The van der Waals surface area contributed by atoms with E-state index >= 15 is 0 Å². The lowest BCUT2D eigenvalue weighted by molar-refractivity contribution is -0.137. The van der Waals surface area contributed by atoms with Gasteiger partial charge >= 0.3 is 6.03 Å². The van der Waals surface area contributed by atoms with E-state index in [0.29, 0.717) is 25.3 Å². The van der Waals surface area contributed by atoms with Gasteiger partial charge in [0.15, 0.2) is 0 Å². The number of hydrogen-bond acceptors (Lipinski definition) is 4. The standard InChI is InChI=1S/C17H30N4O3.ClH/c1-12-8-16(2,3)11-17(9-12)14(23)21(15(24)20-17)10-13(22)19-7-5-6-18-4;/h12,18H,5-11H2,1-4H3,(H,19,22)(H,20,24);1H. The zero-order valence-corrected chi connectivity index (χ0v) is 16.4. The molecule has 2 unspecified atom stereocenters. The van der Waals surface area contributed by atoms with Crippen molar-refractivity contribution in [3.8, 4) is 0 Å².